The second-order valence-electron chi connectivity index (χ2n) is 7.69. The lowest BCUT2D eigenvalue weighted by molar-refractivity contribution is -0.132. The summed E-state index contributed by atoms with van der Waals surface area (Å²) in [6.45, 7) is 6.97. The van der Waals surface area contributed by atoms with Crippen molar-refractivity contribution >= 4 is 58.8 Å². The predicted octanol–water partition coefficient (Wildman–Crippen LogP) is 4.93. The number of aliphatic carboxylic acids is 1. The van der Waals surface area contributed by atoms with Gasteiger partial charge in [0.1, 0.15) is 17.9 Å². The molecule has 3 aromatic rings. The SMILES string of the molecule is C=C(CNc1ccc(OC)c(Nc2ncc(Cl)c(Nc3ccccc3P(C)(C)=O)n2)c1)C(=O)O. The van der Waals surface area contributed by atoms with Crippen molar-refractivity contribution in [1.29, 1.82) is 0 Å². The Labute approximate surface area is 202 Å². The minimum absolute atomic E-state index is 0.0334. The van der Waals surface area contributed by atoms with Crippen LogP contribution in [-0.2, 0) is 9.36 Å². The van der Waals surface area contributed by atoms with Gasteiger partial charge in [0.2, 0.25) is 5.95 Å². The zero-order valence-electron chi connectivity index (χ0n) is 18.9. The Morgan fingerprint density at radius 2 is 1.91 bits per heavy atom. The van der Waals surface area contributed by atoms with E-state index in [2.05, 4.69) is 32.5 Å². The number of halogens is 1. The summed E-state index contributed by atoms with van der Waals surface area (Å²) in [5.74, 6) is 0.0361. The quantitative estimate of drug-likeness (QED) is 0.226. The van der Waals surface area contributed by atoms with Gasteiger partial charge in [0, 0.05) is 23.1 Å². The maximum atomic E-state index is 12.7. The van der Waals surface area contributed by atoms with E-state index in [0.717, 1.165) is 0 Å². The van der Waals surface area contributed by atoms with E-state index < -0.39 is 13.1 Å². The third-order valence-electron chi connectivity index (χ3n) is 4.74. The molecule has 11 heteroatoms. The fraction of sp³-hybridized carbons (Fsp3) is 0.174. The highest BCUT2D eigenvalue weighted by Gasteiger charge is 2.17. The van der Waals surface area contributed by atoms with Gasteiger partial charge in [0.15, 0.2) is 5.82 Å². The number of ether oxygens (including phenoxy) is 1. The highest BCUT2D eigenvalue weighted by molar-refractivity contribution is 7.70. The number of hydrogen-bond acceptors (Lipinski definition) is 8. The van der Waals surface area contributed by atoms with Crippen molar-refractivity contribution in [3.63, 3.8) is 0 Å². The summed E-state index contributed by atoms with van der Waals surface area (Å²) in [6.07, 6.45) is 1.45. The Balaban J connectivity index is 1.87. The number of nitrogens with zero attached hydrogens (tertiary/aromatic N) is 2. The highest BCUT2D eigenvalue weighted by Crippen LogP contribution is 2.39. The fourth-order valence-electron chi connectivity index (χ4n) is 3.01. The summed E-state index contributed by atoms with van der Waals surface area (Å²) < 4.78 is 18.1. The van der Waals surface area contributed by atoms with Gasteiger partial charge in [0.25, 0.3) is 0 Å². The number of aromatic nitrogens is 2. The van der Waals surface area contributed by atoms with Crippen LogP contribution in [0.3, 0.4) is 0 Å². The number of carbonyl (C=O) groups is 1. The molecule has 3 rings (SSSR count). The first-order chi connectivity index (χ1) is 16.1. The molecule has 0 bridgehead atoms. The van der Waals surface area contributed by atoms with Crippen molar-refractivity contribution < 1.29 is 19.2 Å². The predicted molar refractivity (Wildman–Crippen MR) is 137 cm³/mol. The van der Waals surface area contributed by atoms with E-state index in [4.69, 9.17) is 21.4 Å². The number of hydrogen-bond donors (Lipinski definition) is 4. The van der Waals surface area contributed by atoms with Crippen molar-refractivity contribution in [2.24, 2.45) is 0 Å². The van der Waals surface area contributed by atoms with E-state index in [1.807, 2.05) is 18.2 Å². The molecule has 0 unspecified atom stereocenters. The van der Waals surface area contributed by atoms with Crippen LogP contribution in [0, 0.1) is 0 Å². The molecule has 1 aromatic heterocycles. The standard InChI is InChI=1S/C23H25ClN5O4P/c1-14(22(30)31)12-25-15-9-10-19(33-2)18(11-15)28-23-26-13-16(24)21(29-23)27-17-7-5-6-8-20(17)34(3,4)32/h5-11,13,25H,1,12H2,2-4H3,(H,30,31)(H2,26,27,28,29). The first-order valence-corrected chi connectivity index (χ1v) is 13.1. The van der Waals surface area contributed by atoms with E-state index in [1.165, 1.54) is 13.3 Å². The Morgan fingerprint density at radius 1 is 1.18 bits per heavy atom. The van der Waals surface area contributed by atoms with Crippen LogP contribution < -0.4 is 26.0 Å². The van der Waals surface area contributed by atoms with Gasteiger partial charge in [-0.15, -0.1) is 0 Å². The molecule has 0 atom stereocenters. The summed E-state index contributed by atoms with van der Waals surface area (Å²) in [7, 11) is -1.01. The Kier molecular flexibility index (Phi) is 7.81. The number of anilines is 5. The lowest BCUT2D eigenvalue weighted by Crippen LogP contribution is -2.11. The second-order valence-corrected chi connectivity index (χ2v) is 11.3. The van der Waals surface area contributed by atoms with E-state index in [9.17, 15) is 9.36 Å². The zero-order chi connectivity index (χ0) is 24.9. The molecule has 0 spiro atoms. The normalized spacial score (nSPS) is 10.9. The average molecular weight is 502 g/mol. The summed E-state index contributed by atoms with van der Waals surface area (Å²) in [4.78, 5) is 19.7. The van der Waals surface area contributed by atoms with Gasteiger partial charge in [-0.1, -0.05) is 30.3 Å². The van der Waals surface area contributed by atoms with Gasteiger partial charge in [-0.25, -0.2) is 9.78 Å². The third kappa shape index (κ3) is 6.27. The molecule has 0 radical (unpaired) electrons. The van der Waals surface area contributed by atoms with Crippen LogP contribution >= 0.6 is 18.7 Å². The summed E-state index contributed by atoms with van der Waals surface area (Å²) in [6, 6.07) is 12.5. The van der Waals surface area contributed by atoms with E-state index in [0.29, 0.717) is 33.9 Å². The molecule has 0 amide bonds. The second kappa shape index (κ2) is 10.6. The fourth-order valence-corrected chi connectivity index (χ4v) is 4.31. The van der Waals surface area contributed by atoms with Crippen LogP contribution in [0.1, 0.15) is 0 Å². The van der Waals surface area contributed by atoms with E-state index >= 15 is 0 Å². The molecule has 0 aliphatic rings. The molecule has 0 aliphatic carbocycles. The first-order valence-electron chi connectivity index (χ1n) is 10.1. The lowest BCUT2D eigenvalue weighted by Gasteiger charge is -2.16. The minimum Gasteiger partial charge on any atom is -0.495 e. The molecule has 0 fully saturated rings. The molecule has 9 nitrogen and oxygen atoms in total. The summed E-state index contributed by atoms with van der Waals surface area (Å²) >= 11 is 6.32. The molecule has 0 saturated heterocycles. The molecule has 4 N–H and O–H groups in total. The van der Waals surface area contributed by atoms with Gasteiger partial charge >= 0.3 is 5.97 Å². The van der Waals surface area contributed by atoms with E-state index in [-0.39, 0.29) is 23.1 Å². The van der Waals surface area contributed by atoms with Gasteiger partial charge < -0.3 is 30.4 Å². The molecule has 2 aromatic carbocycles. The smallest absolute Gasteiger partial charge is 0.332 e. The molecule has 0 saturated carbocycles. The van der Waals surface area contributed by atoms with E-state index in [1.54, 1.807) is 37.6 Å². The van der Waals surface area contributed by atoms with Crippen molar-refractivity contribution in [3.05, 3.63) is 65.8 Å². The maximum Gasteiger partial charge on any atom is 0.332 e. The van der Waals surface area contributed by atoms with Crippen molar-refractivity contribution in [1.82, 2.24) is 9.97 Å². The maximum absolute atomic E-state index is 12.7. The molecule has 178 valence electrons. The molecule has 1 heterocycles. The number of para-hydroxylation sites is 1. The number of rotatable bonds is 10. The van der Waals surface area contributed by atoms with Crippen molar-refractivity contribution in [3.8, 4) is 5.75 Å². The molecular weight excluding hydrogens is 477 g/mol. The number of carboxylic acids is 1. The lowest BCUT2D eigenvalue weighted by atomic mass is 10.2. The largest absolute Gasteiger partial charge is 0.495 e. The molecule has 0 aliphatic heterocycles. The number of benzene rings is 2. The van der Waals surface area contributed by atoms with Crippen LogP contribution in [0.2, 0.25) is 5.02 Å². The van der Waals surface area contributed by atoms with Gasteiger partial charge in [-0.3, -0.25) is 0 Å². The van der Waals surface area contributed by atoms with Crippen LogP contribution in [-0.4, -0.2) is 48.0 Å². The topological polar surface area (TPSA) is 125 Å². The monoisotopic (exact) mass is 501 g/mol. The van der Waals surface area contributed by atoms with Crippen LogP contribution in [0.15, 0.2) is 60.8 Å². The Morgan fingerprint density at radius 3 is 2.59 bits per heavy atom. The summed E-state index contributed by atoms with van der Waals surface area (Å²) in [5.41, 5.74) is 1.87. The van der Waals surface area contributed by atoms with Crippen molar-refractivity contribution in [2.45, 2.75) is 0 Å². The van der Waals surface area contributed by atoms with Crippen molar-refractivity contribution in [2.75, 3.05) is 42.9 Å². The van der Waals surface area contributed by atoms with Gasteiger partial charge in [-0.2, -0.15) is 4.98 Å². The molecular formula is C23H25ClN5O4P. The van der Waals surface area contributed by atoms with Gasteiger partial charge in [0.05, 0.1) is 24.7 Å². The van der Waals surface area contributed by atoms with Crippen LogP contribution in [0.25, 0.3) is 0 Å². The average Bonchev–Trinajstić information content (AvgIpc) is 2.79. The number of carboxylic acid groups (broad SMARTS) is 1. The molecule has 34 heavy (non-hydrogen) atoms. The van der Waals surface area contributed by atoms with Gasteiger partial charge in [-0.05, 0) is 43.7 Å². The third-order valence-corrected chi connectivity index (χ3v) is 6.56. The van der Waals surface area contributed by atoms with Crippen LogP contribution in [0.4, 0.5) is 28.8 Å². The number of nitrogens with one attached hydrogen (secondary N) is 3. The minimum atomic E-state index is -2.54. The summed E-state index contributed by atoms with van der Waals surface area (Å²) in [5, 5.41) is 19.2. The Hall–Kier alpha value is -3.55. The zero-order valence-corrected chi connectivity index (χ0v) is 20.6. The number of methoxy groups -OCH3 is 1. The van der Waals surface area contributed by atoms with Crippen LogP contribution in [0.5, 0.6) is 5.75 Å². The highest BCUT2D eigenvalue weighted by atomic mass is 35.5. The Bertz CT molecular complexity index is 1280. The first kappa shape index (κ1) is 25.1.